The molecule has 1 nitrogen and oxygen atoms in total. The van der Waals surface area contributed by atoms with E-state index in [0.717, 1.165) is 4.48 Å². The summed E-state index contributed by atoms with van der Waals surface area (Å²) in [6.07, 6.45) is 4.54. The van der Waals surface area contributed by atoms with Gasteiger partial charge in [0.05, 0.1) is 21.1 Å². The van der Waals surface area contributed by atoms with Gasteiger partial charge in [0.1, 0.15) is 6.04 Å². The minimum absolute atomic E-state index is 0.616. The Bertz CT molecular complexity index is 99.8. The number of quaternary nitrogens is 1. The van der Waals surface area contributed by atoms with Crippen LogP contribution in [0.2, 0.25) is 0 Å². The maximum atomic E-state index is 3.83. The molecule has 0 aliphatic carbocycles. The van der Waals surface area contributed by atoms with E-state index in [0.29, 0.717) is 6.04 Å². The van der Waals surface area contributed by atoms with Crippen LogP contribution in [0, 0.1) is 0 Å². The SMILES string of the molecule is C=CC(CCC)[N+](C)(C)C. The molecule has 0 aromatic carbocycles. The van der Waals surface area contributed by atoms with Gasteiger partial charge < -0.3 is 4.48 Å². The third-order valence-electron chi connectivity index (χ3n) is 1.85. The Labute approximate surface area is 64.9 Å². The number of hydrogen-bond acceptors (Lipinski definition) is 0. The molecule has 0 heterocycles. The van der Waals surface area contributed by atoms with Crippen LogP contribution < -0.4 is 0 Å². The van der Waals surface area contributed by atoms with Crippen molar-refractivity contribution in [1.29, 1.82) is 0 Å². The lowest BCUT2D eigenvalue weighted by atomic mass is 10.1. The van der Waals surface area contributed by atoms with Gasteiger partial charge in [-0.05, 0) is 6.08 Å². The zero-order valence-electron chi connectivity index (χ0n) is 7.72. The third-order valence-corrected chi connectivity index (χ3v) is 1.85. The summed E-state index contributed by atoms with van der Waals surface area (Å²) in [5.74, 6) is 0. The highest BCUT2D eigenvalue weighted by atomic mass is 15.3. The smallest absolute Gasteiger partial charge is 0.107 e. The van der Waals surface area contributed by atoms with E-state index in [1.54, 1.807) is 0 Å². The highest BCUT2D eigenvalue weighted by Gasteiger charge is 2.17. The van der Waals surface area contributed by atoms with Gasteiger partial charge >= 0.3 is 0 Å². The molecule has 0 bridgehead atoms. The van der Waals surface area contributed by atoms with Gasteiger partial charge in [0, 0.05) is 6.42 Å². The molecule has 10 heavy (non-hydrogen) atoms. The van der Waals surface area contributed by atoms with Crippen LogP contribution in [-0.4, -0.2) is 31.7 Å². The standard InChI is InChI=1S/C9H20N/c1-6-8-9(7-2)10(3,4)5/h7,9H,2,6,8H2,1,3-5H3/q+1. The Hall–Kier alpha value is -0.300. The van der Waals surface area contributed by atoms with Crippen molar-refractivity contribution in [2.24, 2.45) is 0 Å². The number of hydrogen-bond donors (Lipinski definition) is 0. The van der Waals surface area contributed by atoms with Crippen LogP contribution in [0.25, 0.3) is 0 Å². The van der Waals surface area contributed by atoms with Gasteiger partial charge in [-0.25, -0.2) is 0 Å². The molecule has 0 aliphatic rings. The maximum absolute atomic E-state index is 3.83. The summed E-state index contributed by atoms with van der Waals surface area (Å²) < 4.78 is 0.997. The van der Waals surface area contributed by atoms with Gasteiger partial charge in [-0.3, -0.25) is 0 Å². The molecular formula is C9H20N+. The average molecular weight is 142 g/mol. The predicted molar refractivity (Wildman–Crippen MR) is 46.9 cm³/mol. The Morgan fingerprint density at radius 3 is 2.00 bits per heavy atom. The summed E-state index contributed by atoms with van der Waals surface area (Å²) in [6, 6.07) is 0.616. The fourth-order valence-corrected chi connectivity index (χ4v) is 1.12. The largest absolute Gasteiger partial charge is 0.325 e. The third kappa shape index (κ3) is 3.02. The molecule has 1 atom stereocenters. The van der Waals surface area contributed by atoms with Crippen molar-refractivity contribution in [1.82, 2.24) is 0 Å². The lowest BCUT2D eigenvalue weighted by Crippen LogP contribution is -2.43. The Morgan fingerprint density at radius 1 is 1.40 bits per heavy atom. The number of nitrogens with zero attached hydrogens (tertiary/aromatic N) is 1. The quantitative estimate of drug-likeness (QED) is 0.416. The molecule has 1 unspecified atom stereocenters. The van der Waals surface area contributed by atoms with Gasteiger partial charge in [-0.1, -0.05) is 19.9 Å². The van der Waals surface area contributed by atoms with Crippen molar-refractivity contribution in [3.8, 4) is 0 Å². The normalized spacial score (nSPS) is 14.8. The number of rotatable bonds is 4. The lowest BCUT2D eigenvalue weighted by molar-refractivity contribution is -0.889. The van der Waals surface area contributed by atoms with E-state index in [4.69, 9.17) is 0 Å². The molecule has 0 fully saturated rings. The molecule has 0 amide bonds. The molecule has 0 saturated carbocycles. The molecule has 0 saturated heterocycles. The summed E-state index contributed by atoms with van der Waals surface area (Å²) >= 11 is 0. The second kappa shape index (κ2) is 3.77. The zero-order chi connectivity index (χ0) is 8.20. The van der Waals surface area contributed by atoms with Crippen molar-refractivity contribution in [2.45, 2.75) is 25.8 Å². The molecule has 0 aromatic heterocycles. The van der Waals surface area contributed by atoms with Crippen LogP contribution in [0.4, 0.5) is 0 Å². The van der Waals surface area contributed by atoms with Crippen molar-refractivity contribution < 1.29 is 4.48 Å². The van der Waals surface area contributed by atoms with Crippen LogP contribution in [0.15, 0.2) is 12.7 Å². The Kier molecular flexibility index (Phi) is 3.66. The van der Waals surface area contributed by atoms with Gasteiger partial charge in [0.15, 0.2) is 0 Å². The second-order valence-electron chi connectivity index (χ2n) is 3.71. The van der Waals surface area contributed by atoms with E-state index in [2.05, 4.69) is 40.7 Å². The number of likely N-dealkylation sites (N-methyl/N-ethyl adjacent to an activating group) is 1. The second-order valence-corrected chi connectivity index (χ2v) is 3.71. The molecule has 0 aliphatic heterocycles. The molecular weight excluding hydrogens is 122 g/mol. The van der Waals surface area contributed by atoms with Crippen LogP contribution in [-0.2, 0) is 0 Å². The van der Waals surface area contributed by atoms with E-state index in [1.807, 2.05) is 0 Å². The van der Waals surface area contributed by atoms with Crippen molar-refractivity contribution >= 4 is 0 Å². The maximum Gasteiger partial charge on any atom is 0.107 e. The zero-order valence-corrected chi connectivity index (χ0v) is 7.72. The van der Waals surface area contributed by atoms with E-state index < -0.39 is 0 Å². The Balaban J connectivity index is 3.93. The topological polar surface area (TPSA) is 0 Å². The molecule has 0 spiro atoms. The molecule has 0 N–H and O–H groups in total. The summed E-state index contributed by atoms with van der Waals surface area (Å²) in [5, 5.41) is 0. The van der Waals surface area contributed by atoms with Gasteiger partial charge in [-0.2, -0.15) is 0 Å². The van der Waals surface area contributed by atoms with Crippen LogP contribution in [0.1, 0.15) is 19.8 Å². The monoisotopic (exact) mass is 142 g/mol. The van der Waals surface area contributed by atoms with E-state index in [1.165, 1.54) is 12.8 Å². The molecule has 0 radical (unpaired) electrons. The van der Waals surface area contributed by atoms with Gasteiger partial charge in [0.2, 0.25) is 0 Å². The summed E-state index contributed by atoms with van der Waals surface area (Å²) in [5.41, 5.74) is 0. The first-order valence-electron chi connectivity index (χ1n) is 3.96. The highest BCUT2D eigenvalue weighted by molar-refractivity contribution is 4.78. The average Bonchev–Trinajstić information content (AvgIpc) is 1.80. The first-order chi connectivity index (χ1) is 4.52. The fourth-order valence-electron chi connectivity index (χ4n) is 1.12. The predicted octanol–water partition coefficient (Wildman–Crippen LogP) is 2.05. The minimum atomic E-state index is 0.616. The van der Waals surface area contributed by atoms with Gasteiger partial charge in [-0.15, -0.1) is 0 Å². The van der Waals surface area contributed by atoms with Crippen molar-refractivity contribution in [3.63, 3.8) is 0 Å². The van der Waals surface area contributed by atoms with Gasteiger partial charge in [0.25, 0.3) is 0 Å². The summed E-state index contributed by atoms with van der Waals surface area (Å²) in [4.78, 5) is 0. The van der Waals surface area contributed by atoms with Crippen molar-refractivity contribution in [2.75, 3.05) is 21.1 Å². The first kappa shape index (κ1) is 9.70. The van der Waals surface area contributed by atoms with Crippen LogP contribution in [0.5, 0.6) is 0 Å². The van der Waals surface area contributed by atoms with E-state index >= 15 is 0 Å². The van der Waals surface area contributed by atoms with Crippen LogP contribution >= 0.6 is 0 Å². The Morgan fingerprint density at radius 2 is 1.90 bits per heavy atom. The minimum Gasteiger partial charge on any atom is -0.325 e. The van der Waals surface area contributed by atoms with Crippen LogP contribution in [0.3, 0.4) is 0 Å². The van der Waals surface area contributed by atoms with E-state index in [-0.39, 0.29) is 0 Å². The molecule has 0 aromatic rings. The molecule has 60 valence electrons. The fraction of sp³-hybridized carbons (Fsp3) is 0.778. The lowest BCUT2D eigenvalue weighted by Gasteiger charge is -2.31. The first-order valence-corrected chi connectivity index (χ1v) is 3.96. The van der Waals surface area contributed by atoms with Crippen molar-refractivity contribution in [3.05, 3.63) is 12.7 Å². The highest BCUT2D eigenvalue weighted by Crippen LogP contribution is 2.09. The summed E-state index contributed by atoms with van der Waals surface area (Å²) in [7, 11) is 6.63. The summed E-state index contributed by atoms with van der Waals surface area (Å²) in [6.45, 7) is 6.04. The van der Waals surface area contributed by atoms with E-state index in [9.17, 15) is 0 Å². The molecule has 0 rings (SSSR count). The molecule has 1 heteroatoms.